The number of halogens is 5. The number of anilines is 1. The summed E-state index contributed by atoms with van der Waals surface area (Å²) in [6.45, 7) is 1.15. The number of hydrogen-bond acceptors (Lipinski definition) is 5. The van der Waals surface area contributed by atoms with E-state index in [2.05, 4.69) is 10.5 Å². The van der Waals surface area contributed by atoms with Gasteiger partial charge >= 0.3 is 6.18 Å². The van der Waals surface area contributed by atoms with E-state index < -0.39 is 29.8 Å². The van der Waals surface area contributed by atoms with Crippen molar-refractivity contribution >= 4 is 40.5 Å². The highest BCUT2D eigenvalue weighted by atomic mass is 35.5. The van der Waals surface area contributed by atoms with Crippen molar-refractivity contribution in [3.8, 4) is 5.75 Å². The molecule has 0 bridgehead atoms. The maximum absolute atomic E-state index is 14.5. The standard InChI is InChI=1S/C23H23Cl2F3N4O2/c1-34-16-8-5-14(6-9-16)21-19(23(26,27)28)20(22(33)30-31-11-3-2-4-12-31)29-32(21)18-10-7-15(24)13-17(18)25/h5-10,13,19,21H,2-4,11-12H2,1H3,(H,30,33)/t19-,21+/m0/s1. The van der Waals surface area contributed by atoms with Crippen molar-refractivity contribution in [2.45, 2.75) is 31.5 Å². The third-order valence-corrected chi connectivity index (χ3v) is 6.44. The molecule has 1 fully saturated rings. The summed E-state index contributed by atoms with van der Waals surface area (Å²) in [5.74, 6) is -2.57. The Morgan fingerprint density at radius 2 is 1.76 bits per heavy atom. The average Bonchev–Trinajstić information content (AvgIpc) is 3.21. The molecule has 6 nitrogen and oxygen atoms in total. The Labute approximate surface area is 205 Å². The molecule has 0 radical (unpaired) electrons. The summed E-state index contributed by atoms with van der Waals surface area (Å²) in [7, 11) is 1.47. The zero-order valence-corrected chi connectivity index (χ0v) is 19.8. The van der Waals surface area contributed by atoms with Crippen LogP contribution >= 0.6 is 23.2 Å². The molecule has 2 heterocycles. The number of rotatable bonds is 5. The highest BCUT2D eigenvalue weighted by Gasteiger charge is 2.56. The van der Waals surface area contributed by atoms with Crippen molar-refractivity contribution in [3.05, 3.63) is 58.1 Å². The Bertz CT molecular complexity index is 1070. The summed E-state index contributed by atoms with van der Waals surface area (Å²) in [5.41, 5.74) is 2.51. The van der Waals surface area contributed by atoms with Crippen LogP contribution in [0.25, 0.3) is 0 Å². The summed E-state index contributed by atoms with van der Waals surface area (Å²) >= 11 is 12.3. The number of benzene rings is 2. The van der Waals surface area contributed by atoms with E-state index in [0.717, 1.165) is 24.3 Å². The molecule has 1 amide bonds. The zero-order chi connectivity index (χ0) is 24.5. The number of carbonyl (C=O) groups excluding carboxylic acids is 1. The fourth-order valence-corrected chi connectivity index (χ4v) is 4.76. The Kier molecular flexibility index (Phi) is 7.25. The largest absolute Gasteiger partial charge is 0.497 e. The van der Waals surface area contributed by atoms with Crippen LogP contribution in [0, 0.1) is 5.92 Å². The number of alkyl halides is 3. The second-order valence-electron chi connectivity index (χ2n) is 8.15. The lowest BCUT2D eigenvalue weighted by atomic mass is 9.88. The van der Waals surface area contributed by atoms with Gasteiger partial charge in [-0.05, 0) is 48.7 Å². The molecule has 4 rings (SSSR count). The molecule has 11 heteroatoms. The monoisotopic (exact) mass is 514 g/mol. The molecule has 1 saturated heterocycles. The molecule has 0 spiro atoms. The van der Waals surface area contributed by atoms with E-state index >= 15 is 0 Å². The van der Waals surface area contributed by atoms with Gasteiger partial charge in [0.1, 0.15) is 17.4 Å². The van der Waals surface area contributed by atoms with Crippen molar-refractivity contribution < 1.29 is 22.7 Å². The molecule has 0 aromatic heterocycles. The maximum Gasteiger partial charge on any atom is 0.399 e. The van der Waals surface area contributed by atoms with Crippen LogP contribution in [0.3, 0.4) is 0 Å². The van der Waals surface area contributed by atoms with Crippen LogP contribution in [-0.4, -0.2) is 43.0 Å². The molecule has 182 valence electrons. The third kappa shape index (κ3) is 5.11. The van der Waals surface area contributed by atoms with Crippen LogP contribution in [0.5, 0.6) is 5.75 Å². The Morgan fingerprint density at radius 3 is 2.35 bits per heavy atom. The van der Waals surface area contributed by atoms with E-state index in [-0.39, 0.29) is 10.7 Å². The van der Waals surface area contributed by atoms with Crippen molar-refractivity contribution in [2.75, 3.05) is 25.2 Å². The number of amides is 1. The van der Waals surface area contributed by atoms with Gasteiger partial charge < -0.3 is 4.74 Å². The molecule has 2 aliphatic heterocycles. The summed E-state index contributed by atoms with van der Waals surface area (Å²) in [4.78, 5) is 13.1. The van der Waals surface area contributed by atoms with Gasteiger partial charge in [0.05, 0.1) is 23.9 Å². The minimum absolute atomic E-state index is 0.119. The molecule has 2 aromatic rings. The van der Waals surface area contributed by atoms with Crippen molar-refractivity contribution in [2.24, 2.45) is 11.0 Å². The van der Waals surface area contributed by atoms with Gasteiger partial charge in [-0.1, -0.05) is 41.8 Å². The lowest BCUT2D eigenvalue weighted by molar-refractivity contribution is -0.160. The number of nitrogens with zero attached hydrogens (tertiary/aromatic N) is 3. The highest BCUT2D eigenvalue weighted by molar-refractivity contribution is 6.41. The van der Waals surface area contributed by atoms with E-state index in [1.54, 1.807) is 17.1 Å². The molecular formula is C23H23Cl2F3N4O2. The van der Waals surface area contributed by atoms with Crippen LogP contribution in [0.1, 0.15) is 30.9 Å². The van der Waals surface area contributed by atoms with Gasteiger partial charge in [-0.15, -0.1) is 0 Å². The van der Waals surface area contributed by atoms with E-state index in [9.17, 15) is 18.0 Å². The molecule has 0 saturated carbocycles. The molecule has 0 aliphatic carbocycles. The van der Waals surface area contributed by atoms with Crippen molar-refractivity contribution in [3.63, 3.8) is 0 Å². The molecule has 2 aromatic carbocycles. The molecular weight excluding hydrogens is 492 g/mol. The van der Waals surface area contributed by atoms with Crippen molar-refractivity contribution in [1.29, 1.82) is 0 Å². The fourth-order valence-electron chi connectivity index (χ4n) is 4.26. The number of nitrogens with one attached hydrogen (secondary N) is 1. The predicted molar refractivity (Wildman–Crippen MR) is 125 cm³/mol. The van der Waals surface area contributed by atoms with E-state index in [4.69, 9.17) is 27.9 Å². The summed E-state index contributed by atoms with van der Waals surface area (Å²) in [6, 6.07) is 9.26. The van der Waals surface area contributed by atoms with Gasteiger partial charge in [-0.2, -0.15) is 18.3 Å². The lowest BCUT2D eigenvalue weighted by Gasteiger charge is -2.30. The summed E-state index contributed by atoms with van der Waals surface area (Å²) in [5, 5.41) is 7.44. The number of ether oxygens (including phenoxy) is 1. The maximum atomic E-state index is 14.5. The van der Waals surface area contributed by atoms with Gasteiger partial charge in [0.15, 0.2) is 0 Å². The first-order valence-corrected chi connectivity index (χ1v) is 11.5. The summed E-state index contributed by atoms with van der Waals surface area (Å²) in [6.07, 6.45) is -2.02. The highest BCUT2D eigenvalue weighted by Crippen LogP contribution is 2.48. The first kappa shape index (κ1) is 24.6. The normalized spacial score (nSPS) is 21.4. The number of hydrazine groups is 1. The number of methoxy groups -OCH3 is 1. The third-order valence-electron chi connectivity index (χ3n) is 5.90. The lowest BCUT2D eigenvalue weighted by Crippen LogP contribution is -2.50. The van der Waals surface area contributed by atoms with E-state index in [0.29, 0.717) is 29.4 Å². The van der Waals surface area contributed by atoms with E-state index in [1.165, 1.54) is 37.4 Å². The van der Waals surface area contributed by atoms with Crippen molar-refractivity contribution in [1.82, 2.24) is 10.4 Å². The Morgan fingerprint density at radius 1 is 1.09 bits per heavy atom. The quantitative estimate of drug-likeness (QED) is 0.562. The first-order chi connectivity index (χ1) is 16.2. The molecule has 2 aliphatic rings. The second-order valence-corrected chi connectivity index (χ2v) is 9.00. The predicted octanol–water partition coefficient (Wildman–Crippen LogP) is 5.61. The number of hydrazone groups is 1. The van der Waals surface area contributed by atoms with Gasteiger partial charge in [0.25, 0.3) is 5.91 Å². The molecule has 1 N–H and O–H groups in total. The number of hydrogen-bond donors (Lipinski definition) is 1. The van der Waals surface area contributed by atoms with Crippen LogP contribution < -0.4 is 15.2 Å². The summed E-state index contributed by atoms with van der Waals surface area (Å²) < 4.78 is 48.7. The number of carbonyl (C=O) groups is 1. The molecule has 34 heavy (non-hydrogen) atoms. The van der Waals surface area contributed by atoms with Crippen LogP contribution in [-0.2, 0) is 4.79 Å². The molecule has 0 unspecified atom stereocenters. The SMILES string of the molecule is COc1ccc([C@@H]2[C@@H](C(F)(F)F)C(C(=O)NN3CCCCC3)=NN2c2ccc(Cl)cc2Cl)cc1. The minimum Gasteiger partial charge on any atom is -0.497 e. The Balaban J connectivity index is 1.79. The van der Waals surface area contributed by atoms with Gasteiger partial charge in [-0.3, -0.25) is 15.2 Å². The topological polar surface area (TPSA) is 57.2 Å². The Hall–Kier alpha value is -2.49. The zero-order valence-electron chi connectivity index (χ0n) is 18.3. The van der Waals surface area contributed by atoms with E-state index in [1.807, 2.05) is 0 Å². The smallest absolute Gasteiger partial charge is 0.399 e. The molecule has 2 atom stereocenters. The van der Waals surface area contributed by atoms with Gasteiger partial charge in [-0.25, -0.2) is 5.01 Å². The van der Waals surface area contributed by atoms with Gasteiger partial charge in [0.2, 0.25) is 0 Å². The van der Waals surface area contributed by atoms with Crippen LogP contribution in [0.4, 0.5) is 18.9 Å². The average molecular weight is 515 g/mol. The second kappa shape index (κ2) is 10.0. The number of piperidine rings is 1. The van der Waals surface area contributed by atoms with Gasteiger partial charge in [0, 0.05) is 18.1 Å². The fraction of sp³-hybridized carbons (Fsp3) is 0.391. The minimum atomic E-state index is -4.75. The first-order valence-electron chi connectivity index (χ1n) is 10.8. The van der Waals surface area contributed by atoms with Crippen LogP contribution in [0.2, 0.25) is 10.0 Å². The van der Waals surface area contributed by atoms with Crippen LogP contribution in [0.15, 0.2) is 47.6 Å².